The molecule has 0 aliphatic heterocycles. The van der Waals surface area contributed by atoms with Crippen LogP contribution in [-0.4, -0.2) is 23.1 Å². The number of methoxy groups -OCH3 is 1. The largest absolute Gasteiger partial charge is 0.497 e. The van der Waals surface area contributed by atoms with Crippen LogP contribution in [0, 0.1) is 0 Å². The number of carbonyl (C=O) groups excluding carboxylic acids is 1. The maximum Gasteiger partial charge on any atom is 0.199 e. The van der Waals surface area contributed by atoms with Crippen molar-refractivity contribution in [1.29, 1.82) is 0 Å². The van der Waals surface area contributed by atoms with Crippen molar-refractivity contribution in [2.24, 2.45) is 0 Å². The van der Waals surface area contributed by atoms with Crippen molar-refractivity contribution in [2.75, 3.05) is 7.11 Å². The summed E-state index contributed by atoms with van der Waals surface area (Å²) in [5.41, 5.74) is -0.694. The van der Waals surface area contributed by atoms with Crippen LogP contribution in [0.3, 0.4) is 0 Å². The van der Waals surface area contributed by atoms with E-state index in [0.717, 1.165) is 0 Å². The Morgan fingerprint density at radius 3 is 2.81 bits per heavy atom. The van der Waals surface area contributed by atoms with Gasteiger partial charge in [0.25, 0.3) is 0 Å². The van der Waals surface area contributed by atoms with Gasteiger partial charge in [-0.2, -0.15) is 0 Å². The molecule has 1 aliphatic carbocycles. The normalized spacial score (nSPS) is 21.7. The van der Waals surface area contributed by atoms with Gasteiger partial charge in [-0.1, -0.05) is 18.2 Å². The van der Waals surface area contributed by atoms with Crippen molar-refractivity contribution in [2.45, 2.75) is 12.2 Å². The predicted octanol–water partition coefficient (Wildman–Crippen LogP) is 1.78. The summed E-state index contributed by atoms with van der Waals surface area (Å²) in [6, 6.07) is 7.16. The summed E-state index contributed by atoms with van der Waals surface area (Å²) in [5.74, 6) is -0.0648. The Hall–Kier alpha value is -2.37. The summed E-state index contributed by atoms with van der Waals surface area (Å²) < 4.78 is 10.8. The van der Waals surface area contributed by atoms with E-state index in [1.54, 1.807) is 18.2 Å². The third-order valence-corrected chi connectivity index (χ3v) is 3.56. The van der Waals surface area contributed by atoms with Crippen molar-refractivity contribution in [3.63, 3.8) is 0 Å². The van der Waals surface area contributed by atoms with Crippen LogP contribution in [0.25, 0.3) is 11.0 Å². The summed E-state index contributed by atoms with van der Waals surface area (Å²) in [6.07, 6.45) is 3.76. The summed E-state index contributed by atoms with van der Waals surface area (Å²) in [6.45, 7) is -0.298. The van der Waals surface area contributed by atoms with Crippen LogP contribution < -0.4 is 0 Å². The zero-order chi connectivity index (χ0) is 15.0. The minimum Gasteiger partial charge on any atom is -0.497 e. The predicted molar refractivity (Wildman–Crippen MR) is 75.3 cm³/mol. The van der Waals surface area contributed by atoms with Gasteiger partial charge in [0.15, 0.2) is 17.1 Å². The van der Waals surface area contributed by atoms with Gasteiger partial charge in [0, 0.05) is 17.0 Å². The molecule has 1 aliphatic rings. The quantitative estimate of drug-likeness (QED) is 0.899. The van der Waals surface area contributed by atoms with Gasteiger partial charge in [-0.15, -0.1) is 0 Å². The fourth-order valence-electron chi connectivity index (χ4n) is 2.54. The van der Waals surface area contributed by atoms with Crippen LogP contribution in [0.2, 0.25) is 0 Å². The van der Waals surface area contributed by atoms with Gasteiger partial charge < -0.3 is 19.4 Å². The molecule has 1 aromatic heterocycles. The van der Waals surface area contributed by atoms with E-state index in [9.17, 15) is 15.0 Å². The highest BCUT2D eigenvalue weighted by molar-refractivity contribution is 6.01. The maximum atomic E-state index is 11.4. The molecule has 0 bridgehead atoms. The summed E-state index contributed by atoms with van der Waals surface area (Å²) >= 11 is 0. The van der Waals surface area contributed by atoms with Gasteiger partial charge in [0.2, 0.25) is 0 Å². The smallest absolute Gasteiger partial charge is 0.199 e. The van der Waals surface area contributed by atoms with E-state index in [2.05, 4.69) is 0 Å². The number of aliphatic hydroxyl groups excluding tert-OH is 1. The molecule has 0 saturated carbocycles. The molecular formula is C16H14O5. The van der Waals surface area contributed by atoms with Crippen molar-refractivity contribution >= 4 is 16.8 Å². The first-order chi connectivity index (χ1) is 10.1. The van der Waals surface area contributed by atoms with Crippen LogP contribution in [0.1, 0.15) is 11.3 Å². The molecule has 108 valence electrons. The molecule has 5 nitrogen and oxygen atoms in total. The molecule has 1 aromatic carbocycles. The third kappa shape index (κ3) is 1.98. The molecule has 1 heterocycles. The summed E-state index contributed by atoms with van der Waals surface area (Å²) in [5, 5.41) is 21.2. The van der Waals surface area contributed by atoms with E-state index in [0.29, 0.717) is 16.5 Å². The molecule has 0 saturated heterocycles. The number of aliphatic hydroxyl groups is 2. The van der Waals surface area contributed by atoms with Crippen LogP contribution in [0.5, 0.6) is 0 Å². The fraction of sp³-hybridized carbons (Fsp3) is 0.188. The second-order valence-electron chi connectivity index (χ2n) is 4.78. The van der Waals surface area contributed by atoms with Crippen molar-refractivity contribution in [3.05, 3.63) is 59.6 Å². The van der Waals surface area contributed by atoms with Gasteiger partial charge in [0.1, 0.15) is 11.3 Å². The lowest BCUT2D eigenvalue weighted by atomic mass is 9.89. The third-order valence-electron chi connectivity index (χ3n) is 3.56. The first kappa shape index (κ1) is 13.6. The lowest BCUT2D eigenvalue weighted by Gasteiger charge is -2.27. The van der Waals surface area contributed by atoms with Gasteiger partial charge in [-0.3, -0.25) is 4.79 Å². The maximum absolute atomic E-state index is 11.4. The number of ketones is 1. The van der Waals surface area contributed by atoms with Crippen LogP contribution in [0.15, 0.2) is 52.7 Å². The Morgan fingerprint density at radius 2 is 2.10 bits per heavy atom. The molecule has 1 unspecified atom stereocenters. The number of rotatable bonds is 3. The number of hydrogen-bond acceptors (Lipinski definition) is 5. The topological polar surface area (TPSA) is 79.9 Å². The van der Waals surface area contributed by atoms with Crippen molar-refractivity contribution in [3.8, 4) is 0 Å². The second kappa shape index (κ2) is 4.87. The average molecular weight is 286 g/mol. The molecule has 21 heavy (non-hydrogen) atoms. The number of para-hydroxylation sites is 1. The van der Waals surface area contributed by atoms with E-state index in [1.165, 1.54) is 25.3 Å². The Bertz CT molecular complexity index is 768. The van der Waals surface area contributed by atoms with Gasteiger partial charge >= 0.3 is 0 Å². The number of fused-ring (bicyclic) bond motifs is 1. The minimum absolute atomic E-state index is 0.0590. The Morgan fingerprint density at radius 1 is 1.33 bits per heavy atom. The standard InChI is InChI=1S/C16H14O5/c1-20-14-8-10(18)6-7-16(14,19)15-12(9-17)11-4-2-3-5-13(11)21-15/h2-8,17,19H,9H2,1H3. The van der Waals surface area contributed by atoms with Crippen molar-refractivity contribution < 1.29 is 24.2 Å². The number of carbonyl (C=O) groups is 1. The van der Waals surface area contributed by atoms with Crippen molar-refractivity contribution in [1.82, 2.24) is 0 Å². The first-order valence-corrected chi connectivity index (χ1v) is 6.43. The molecule has 0 amide bonds. The van der Waals surface area contributed by atoms with Crippen LogP contribution in [0.4, 0.5) is 0 Å². The molecular weight excluding hydrogens is 272 g/mol. The van der Waals surface area contributed by atoms with Gasteiger partial charge in [0.05, 0.1) is 13.7 Å². The van der Waals surface area contributed by atoms with Gasteiger partial charge in [-0.05, 0) is 18.2 Å². The van der Waals surface area contributed by atoms with Crippen LogP contribution >= 0.6 is 0 Å². The van der Waals surface area contributed by atoms with E-state index in [4.69, 9.17) is 9.15 Å². The molecule has 3 rings (SSSR count). The number of benzene rings is 1. The summed E-state index contributed by atoms with van der Waals surface area (Å²) in [4.78, 5) is 11.4. The number of ether oxygens (including phenoxy) is 1. The number of hydrogen-bond donors (Lipinski definition) is 2. The molecule has 2 N–H and O–H groups in total. The Balaban J connectivity index is 2.26. The van der Waals surface area contributed by atoms with Gasteiger partial charge in [-0.25, -0.2) is 0 Å². The SMILES string of the molecule is COC1=CC(=O)C=CC1(O)c1oc2ccccc2c1CO. The lowest BCUT2D eigenvalue weighted by Crippen LogP contribution is -2.30. The highest BCUT2D eigenvalue weighted by atomic mass is 16.5. The van der Waals surface area contributed by atoms with E-state index in [-0.39, 0.29) is 23.9 Å². The van der Waals surface area contributed by atoms with Crippen LogP contribution in [-0.2, 0) is 21.7 Å². The summed E-state index contributed by atoms with van der Waals surface area (Å²) in [7, 11) is 1.37. The second-order valence-corrected chi connectivity index (χ2v) is 4.78. The zero-order valence-corrected chi connectivity index (χ0v) is 11.4. The molecule has 5 heteroatoms. The van der Waals surface area contributed by atoms with E-state index >= 15 is 0 Å². The molecule has 0 fully saturated rings. The molecule has 0 radical (unpaired) electrons. The molecule has 1 atom stereocenters. The van der Waals surface area contributed by atoms with E-state index in [1.807, 2.05) is 6.07 Å². The first-order valence-electron chi connectivity index (χ1n) is 6.43. The number of allylic oxidation sites excluding steroid dienone is 2. The lowest BCUT2D eigenvalue weighted by molar-refractivity contribution is -0.111. The average Bonchev–Trinajstić information content (AvgIpc) is 2.89. The molecule has 2 aromatic rings. The highest BCUT2D eigenvalue weighted by Gasteiger charge is 2.41. The zero-order valence-electron chi connectivity index (χ0n) is 11.4. The van der Waals surface area contributed by atoms with E-state index < -0.39 is 5.60 Å². The number of furan rings is 1. The molecule has 0 spiro atoms. The minimum atomic E-state index is -1.71. The Kier molecular flexibility index (Phi) is 3.16. The monoisotopic (exact) mass is 286 g/mol. The highest BCUT2D eigenvalue weighted by Crippen LogP contribution is 2.40. The fourth-order valence-corrected chi connectivity index (χ4v) is 2.54. The Labute approximate surface area is 120 Å².